The van der Waals surface area contributed by atoms with Crippen LogP contribution in [0, 0.1) is 0 Å². The first kappa shape index (κ1) is 25.5. The molecule has 2 heterocycles. The van der Waals surface area contributed by atoms with Gasteiger partial charge in [-0.3, -0.25) is 9.59 Å². The maximum atomic E-state index is 13.6. The lowest BCUT2D eigenvalue weighted by Gasteiger charge is -2.43. The zero-order valence-electron chi connectivity index (χ0n) is 20.0. The number of anilines is 1. The van der Waals surface area contributed by atoms with Gasteiger partial charge in [0.25, 0.3) is 0 Å². The number of piperidine rings is 1. The molecule has 0 unspecified atom stereocenters. The number of unbranched alkanes of at least 4 members (excludes halogenated alkanes) is 2. The van der Waals surface area contributed by atoms with Gasteiger partial charge in [0.1, 0.15) is 0 Å². The van der Waals surface area contributed by atoms with Crippen molar-refractivity contribution >= 4 is 27.5 Å². The topological polar surface area (TPSA) is 104 Å². The van der Waals surface area contributed by atoms with Crippen LogP contribution in [0.25, 0.3) is 0 Å². The van der Waals surface area contributed by atoms with Gasteiger partial charge in [-0.1, -0.05) is 38.8 Å². The fourth-order valence-corrected chi connectivity index (χ4v) is 6.95. The Morgan fingerprint density at radius 1 is 0.939 bits per heavy atom. The summed E-state index contributed by atoms with van der Waals surface area (Å²) in [6.07, 6.45) is 5.18. The van der Waals surface area contributed by atoms with E-state index in [0.717, 1.165) is 12.1 Å². The molecule has 3 rings (SSSR count). The number of piperazine rings is 1. The molecule has 2 aliphatic heterocycles. The van der Waals surface area contributed by atoms with Crippen molar-refractivity contribution in [2.45, 2.75) is 63.5 Å². The van der Waals surface area contributed by atoms with Gasteiger partial charge in [0, 0.05) is 51.4 Å². The van der Waals surface area contributed by atoms with Crippen LogP contribution in [0.3, 0.4) is 0 Å². The van der Waals surface area contributed by atoms with Crippen LogP contribution in [0.5, 0.6) is 0 Å². The van der Waals surface area contributed by atoms with Crippen molar-refractivity contribution in [1.29, 1.82) is 0 Å². The van der Waals surface area contributed by atoms with Gasteiger partial charge in [0.15, 0.2) is 4.75 Å². The molecule has 1 aromatic rings. The largest absolute Gasteiger partial charge is 0.369 e. The quantitative estimate of drug-likeness (QED) is 0.548. The average Bonchev–Trinajstić information content (AvgIpc) is 2.84. The third-order valence-electron chi connectivity index (χ3n) is 7.12. The molecule has 1 aromatic carbocycles. The van der Waals surface area contributed by atoms with Crippen LogP contribution >= 0.6 is 0 Å². The number of benzene rings is 1. The molecule has 2 aliphatic rings. The lowest BCUT2D eigenvalue weighted by atomic mass is 9.95. The number of carbonyl (C=O) groups is 2. The molecule has 2 N–H and O–H groups in total. The van der Waals surface area contributed by atoms with E-state index in [0.29, 0.717) is 32.6 Å². The summed E-state index contributed by atoms with van der Waals surface area (Å²) >= 11 is 0. The van der Waals surface area contributed by atoms with Crippen LogP contribution in [-0.4, -0.2) is 73.5 Å². The number of carbonyl (C=O) groups excluding carboxylic acids is 2. The summed E-state index contributed by atoms with van der Waals surface area (Å²) < 4.78 is 26.9. The monoisotopic (exact) mass is 478 g/mol. The molecule has 184 valence electrons. The number of aryl methyl sites for hydroxylation is 1. The second kappa shape index (κ2) is 10.9. The van der Waals surface area contributed by atoms with E-state index in [-0.39, 0.29) is 31.8 Å². The zero-order chi connectivity index (χ0) is 24.1. The van der Waals surface area contributed by atoms with Gasteiger partial charge in [-0.05, 0) is 43.4 Å². The molecule has 0 saturated carbocycles. The van der Waals surface area contributed by atoms with E-state index in [1.54, 1.807) is 11.8 Å². The van der Waals surface area contributed by atoms with Crippen molar-refractivity contribution in [2.24, 2.45) is 5.73 Å². The Morgan fingerprint density at radius 2 is 1.55 bits per heavy atom. The lowest BCUT2D eigenvalue weighted by Crippen LogP contribution is -2.63. The van der Waals surface area contributed by atoms with Crippen LogP contribution in [0.2, 0.25) is 0 Å². The number of hydrogen-bond acceptors (Lipinski definition) is 5. The Kier molecular flexibility index (Phi) is 8.39. The minimum atomic E-state index is -3.93. The number of sulfonamides is 1. The van der Waals surface area contributed by atoms with Crippen molar-refractivity contribution in [3.05, 3.63) is 29.8 Å². The number of rotatable bonds is 9. The van der Waals surface area contributed by atoms with Crippen molar-refractivity contribution < 1.29 is 18.0 Å². The van der Waals surface area contributed by atoms with E-state index >= 15 is 0 Å². The fourth-order valence-electron chi connectivity index (χ4n) is 4.86. The standard InChI is InChI=1S/C24H38N4O4S/c1-3-5-6-7-20-8-10-21(11-9-20)26-16-18-28(19-17-26)33(31,32)24(23(25)30)12-14-27(15-13-24)22(29)4-2/h8-11H,3-7,12-19H2,1-2H3,(H2,25,30). The highest BCUT2D eigenvalue weighted by Gasteiger charge is 2.54. The van der Waals surface area contributed by atoms with Gasteiger partial charge in [-0.15, -0.1) is 0 Å². The molecule has 0 spiro atoms. The molecule has 0 radical (unpaired) electrons. The highest BCUT2D eigenvalue weighted by Crippen LogP contribution is 2.34. The lowest BCUT2D eigenvalue weighted by molar-refractivity contribution is -0.134. The van der Waals surface area contributed by atoms with Gasteiger partial charge >= 0.3 is 0 Å². The summed E-state index contributed by atoms with van der Waals surface area (Å²) in [5, 5.41) is 0. The fraction of sp³-hybridized carbons (Fsp3) is 0.667. The first-order chi connectivity index (χ1) is 15.7. The highest BCUT2D eigenvalue weighted by molar-refractivity contribution is 7.91. The SMILES string of the molecule is CCCCCc1ccc(N2CCN(S(=O)(=O)C3(C(N)=O)CCN(C(=O)CC)CC3)CC2)cc1. The number of primary amides is 1. The molecule has 33 heavy (non-hydrogen) atoms. The smallest absolute Gasteiger partial charge is 0.240 e. The van der Waals surface area contributed by atoms with E-state index in [9.17, 15) is 18.0 Å². The Morgan fingerprint density at radius 3 is 2.06 bits per heavy atom. The maximum Gasteiger partial charge on any atom is 0.240 e. The number of hydrogen-bond donors (Lipinski definition) is 1. The number of nitrogens with two attached hydrogens (primary N) is 1. The predicted molar refractivity (Wildman–Crippen MR) is 130 cm³/mol. The van der Waals surface area contributed by atoms with Gasteiger partial charge in [0.05, 0.1) is 0 Å². The molecular formula is C24H38N4O4S. The molecular weight excluding hydrogens is 440 g/mol. The molecule has 0 atom stereocenters. The highest BCUT2D eigenvalue weighted by atomic mass is 32.2. The molecule has 2 saturated heterocycles. The number of amides is 2. The molecule has 9 heteroatoms. The Hall–Kier alpha value is -2.13. The Labute approximate surface area is 198 Å². The van der Waals surface area contributed by atoms with Crippen LogP contribution in [0.1, 0.15) is 57.9 Å². The van der Waals surface area contributed by atoms with E-state index < -0.39 is 20.7 Å². The minimum absolute atomic E-state index is 0.0320. The summed E-state index contributed by atoms with van der Waals surface area (Å²) in [5.41, 5.74) is 8.08. The third kappa shape index (κ3) is 5.35. The van der Waals surface area contributed by atoms with E-state index in [2.05, 4.69) is 36.1 Å². The molecule has 0 bridgehead atoms. The molecule has 2 fully saturated rings. The summed E-state index contributed by atoms with van der Waals surface area (Å²) in [5.74, 6) is -0.845. The van der Waals surface area contributed by atoms with Crippen LogP contribution in [0.4, 0.5) is 5.69 Å². The summed E-state index contributed by atoms with van der Waals surface area (Å²) in [6.45, 7) is 6.19. The number of nitrogens with zero attached hydrogens (tertiary/aromatic N) is 3. The first-order valence-corrected chi connectivity index (χ1v) is 13.6. The van der Waals surface area contributed by atoms with Crippen molar-refractivity contribution in [2.75, 3.05) is 44.2 Å². The third-order valence-corrected chi connectivity index (χ3v) is 9.76. The second-order valence-corrected chi connectivity index (χ2v) is 11.4. The van der Waals surface area contributed by atoms with E-state index in [1.165, 1.54) is 29.1 Å². The molecule has 0 aliphatic carbocycles. The van der Waals surface area contributed by atoms with Crippen LogP contribution in [-0.2, 0) is 26.0 Å². The van der Waals surface area contributed by atoms with Gasteiger partial charge in [-0.2, -0.15) is 4.31 Å². The van der Waals surface area contributed by atoms with Gasteiger partial charge in [-0.25, -0.2) is 8.42 Å². The summed E-state index contributed by atoms with van der Waals surface area (Å²) in [4.78, 5) is 28.2. The minimum Gasteiger partial charge on any atom is -0.369 e. The van der Waals surface area contributed by atoms with Gasteiger partial charge < -0.3 is 15.5 Å². The molecule has 0 aromatic heterocycles. The van der Waals surface area contributed by atoms with Crippen LogP contribution < -0.4 is 10.6 Å². The Bertz CT molecular complexity index is 916. The number of likely N-dealkylation sites (tertiary alicyclic amines) is 1. The second-order valence-electron chi connectivity index (χ2n) is 9.11. The predicted octanol–water partition coefficient (Wildman–Crippen LogP) is 2.13. The molecule has 2 amide bonds. The van der Waals surface area contributed by atoms with E-state index in [4.69, 9.17) is 5.73 Å². The van der Waals surface area contributed by atoms with E-state index in [1.807, 2.05) is 0 Å². The average molecular weight is 479 g/mol. The van der Waals surface area contributed by atoms with Gasteiger partial charge in [0.2, 0.25) is 21.8 Å². The van der Waals surface area contributed by atoms with Crippen LogP contribution in [0.15, 0.2) is 24.3 Å². The molecule has 8 nitrogen and oxygen atoms in total. The zero-order valence-corrected chi connectivity index (χ0v) is 20.8. The van der Waals surface area contributed by atoms with Crippen molar-refractivity contribution in [3.63, 3.8) is 0 Å². The summed E-state index contributed by atoms with van der Waals surface area (Å²) in [6, 6.07) is 8.52. The normalized spacial score (nSPS) is 19.5. The first-order valence-electron chi connectivity index (χ1n) is 12.2. The Balaban J connectivity index is 1.64. The maximum absolute atomic E-state index is 13.6. The van der Waals surface area contributed by atoms with Crippen molar-refractivity contribution in [1.82, 2.24) is 9.21 Å². The summed E-state index contributed by atoms with van der Waals surface area (Å²) in [7, 11) is -3.93. The van der Waals surface area contributed by atoms with Crippen molar-refractivity contribution in [3.8, 4) is 0 Å².